The van der Waals surface area contributed by atoms with Crippen molar-refractivity contribution < 1.29 is 10.2 Å². The molecule has 0 amide bonds. The van der Waals surface area contributed by atoms with Crippen LogP contribution in [0.3, 0.4) is 0 Å². The van der Waals surface area contributed by atoms with Gasteiger partial charge in [0.05, 0.1) is 11.7 Å². The van der Waals surface area contributed by atoms with Gasteiger partial charge in [-0.3, -0.25) is 0 Å². The minimum Gasteiger partial charge on any atom is -0.390 e. The van der Waals surface area contributed by atoms with E-state index >= 15 is 0 Å². The van der Waals surface area contributed by atoms with Crippen molar-refractivity contribution in [2.75, 3.05) is 0 Å². The van der Waals surface area contributed by atoms with E-state index in [1.165, 1.54) is 24.0 Å². The monoisotopic (exact) mass is 234 g/mol. The molecule has 0 heterocycles. The van der Waals surface area contributed by atoms with Crippen molar-refractivity contribution in [3.8, 4) is 0 Å². The normalized spacial score (nSPS) is 19.8. The lowest BCUT2D eigenvalue weighted by Gasteiger charge is -2.28. The Kier molecular flexibility index (Phi) is 3.55. The van der Waals surface area contributed by atoms with Gasteiger partial charge in [0.25, 0.3) is 0 Å². The average molecular weight is 234 g/mol. The third-order valence-corrected chi connectivity index (χ3v) is 4.03. The molecule has 0 saturated carbocycles. The Morgan fingerprint density at radius 3 is 2.71 bits per heavy atom. The second-order valence-corrected chi connectivity index (χ2v) is 5.39. The van der Waals surface area contributed by atoms with Gasteiger partial charge in [0.15, 0.2) is 0 Å². The standard InChI is InChI=1S/C15H22O2/c1-3-15(2,17)14(16)10-11-7-8-12-5-4-6-13(12)9-11/h7-9,14,16-17H,3-6,10H2,1-2H3. The first-order valence-corrected chi connectivity index (χ1v) is 6.54. The van der Waals surface area contributed by atoms with Gasteiger partial charge in [0.1, 0.15) is 0 Å². The maximum Gasteiger partial charge on any atom is 0.0878 e. The number of aliphatic hydroxyl groups is 2. The highest BCUT2D eigenvalue weighted by Gasteiger charge is 2.28. The molecule has 1 aliphatic carbocycles. The first-order valence-electron chi connectivity index (χ1n) is 6.54. The summed E-state index contributed by atoms with van der Waals surface area (Å²) in [5.74, 6) is 0. The zero-order valence-electron chi connectivity index (χ0n) is 10.7. The van der Waals surface area contributed by atoms with Crippen LogP contribution in [0, 0.1) is 0 Å². The van der Waals surface area contributed by atoms with Crippen LogP contribution in [0.1, 0.15) is 43.4 Å². The minimum atomic E-state index is -0.987. The maximum atomic E-state index is 10.0. The highest BCUT2D eigenvalue weighted by Crippen LogP contribution is 2.25. The average Bonchev–Trinajstić information content (AvgIpc) is 2.76. The summed E-state index contributed by atoms with van der Waals surface area (Å²) >= 11 is 0. The number of rotatable bonds is 4. The van der Waals surface area contributed by atoms with Gasteiger partial charge in [-0.2, -0.15) is 0 Å². The summed E-state index contributed by atoms with van der Waals surface area (Å²) in [7, 11) is 0. The molecule has 0 aromatic heterocycles. The van der Waals surface area contributed by atoms with E-state index in [4.69, 9.17) is 0 Å². The predicted octanol–water partition coefficient (Wildman–Crippen LogP) is 2.24. The molecule has 0 fully saturated rings. The Hall–Kier alpha value is -0.860. The number of aliphatic hydroxyl groups excluding tert-OH is 1. The van der Waals surface area contributed by atoms with Gasteiger partial charge in [-0.15, -0.1) is 0 Å². The number of hydrogen-bond donors (Lipinski definition) is 2. The quantitative estimate of drug-likeness (QED) is 0.838. The first-order chi connectivity index (χ1) is 8.03. The van der Waals surface area contributed by atoms with E-state index < -0.39 is 11.7 Å². The summed E-state index contributed by atoms with van der Waals surface area (Å²) < 4.78 is 0. The lowest BCUT2D eigenvalue weighted by Crippen LogP contribution is -2.39. The first kappa shape index (κ1) is 12.6. The SMILES string of the molecule is CCC(C)(O)C(O)Cc1ccc2c(c1)CCC2. The molecule has 2 atom stereocenters. The third kappa shape index (κ3) is 2.70. The number of hydrogen-bond acceptors (Lipinski definition) is 2. The van der Waals surface area contributed by atoms with Gasteiger partial charge < -0.3 is 10.2 Å². The van der Waals surface area contributed by atoms with E-state index in [0.717, 1.165) is 12.0 Å². The van der Waals surface area contributed by atoms with Crippen molar-refractivity contribution in [3.63, 3.8) is 0 Å². The van der Waals surface area contributed by atoms with Crippen LogP contribution in [-0.2, 0) is 19.3 Å². The van der Waals surface area contributed by atoms with Gasteiger partial charge in [0.2, 0.25) is 0 Å². The van der Waals surface area contributed by atoms with Crippen LogP contribution in [0.15, 0.2) is 18.2 Å². The van der Waals surface area contributed by atoms with Crippen LogP contribution < -0.4 is 0 Å². The van der Waals surface area contributed by atoms with E-state index in [9.17, 15) is 10.2 Å². The fraction of sp³-hybridized carbons (Fsp3) is 0.600. The van der Waals surface area contributed by atoms with E-state index in [-0.39, 0.29) is 0 Å². The van der Waals surface area contributed by atoms with Gasteiger partial charge in [0, 0.05) is 6.42 Å². The summed E-state index contributed by atoms with van der Waals surface area (Å²) in [5, 5.41) is 20.0. The Bertz CT molecular complexity index is 396. The highest BCUT2D eigenvalue weighted by atomic mass is 16.3. The molecule has 2 unspecified atom stereocenters. The van der Waals surface area contributed by atoms with Crippen LogP contribution in [0.4, 0.5) is 0 Å². The zero-order valence-corrected chi connectivity index (χ0v) is 10.7. The smallest absolute Gasteiger partial charge is 0.0878 e. The van der Waals surface area contributed by atoms with E-state index in [2.05, 4.69) is 18.2 Å². The van der Waals surface area contributed by atoms with Crippen LogP contribution in [0.5, 0.6) is 0 Å². The van der Waals surface area contributed by atoms with Crippen molar-refractivity contribution in [2.24, 2.45) is 0 Å². The van der Waals surface area contributed by atoms with Crippen LogP contribution >= 0.6 is 0 Å². The topological polar surface area (TPSA) is 40.5 Å². The van der Waals surface area contributed by atoms with Crippen molar-refractivity contribution in [1.29, 1.82) is 0 Å². The molecule has 94 valence electrons. The Labute approximate surface area is 103 Å². The third-order valence-electron chi connectivity index (χ3n) is 4.03. The number of aryl methyl sites for hydroxylation is 2. The van der Waals surface area contributed by atoms with Crippen LogP contribution in [-0.4, -0.2) is 21.9 Å². The summed E-state index contributed by atoms with van der Waals surface area (Å²) in [5.41, 5.74) is 3.02. The van der Waals surface area contributed by atoms with Crippen molar-refractivity contribution in [1.82, 2.24) is 0 Å². The van der Waals surface area contributed by atoms with Crippen molar-refractivity contribution in [2.45, 2.75) is 57.7 Å². The molecule has 0 bridgehead atoms. The molecule has 0 aliphatic heterocycles. The number of benzene rings is 1. The van der Waals surface area contributed by atoms with Gasteiger partial charge in [-0.05, 0) is 49.3 Å². The van der Waals surface area contributed by atoms with Crippen LogP contribution in [0.2, 0.25) is 0 Å². The number of fused-ring (bicyclic) bond motifs is 1. The fourth-order valence-corrected chi connectivity index (χ4v) is 2.43. The predicted molar refractivity (Wildman–Crippen MR) is 69.1 cm³/mol. The van der Waals surface area contributed by atoms with Gasteiger partial charge in [-0.1, -0.05) is 25.1 Å². The van der Waals surface area contributed by atoms with Crippen molar-refractivity contribution >= 4 is 0 Å². The lowest BCUT2D eigenvalue weighted by molar-refractivity contribution is -0.0629. The van der Waals surface area contributed by atoms with Gasteiger partial charge in [-0.25, -0.2) is 0 Å². The summed E-state index contributed by atoms with van der Waals surface area (Å²) in [6.07, 6.45) is 4.00. The molecule has 2 rings (SSSR count). The Morgan fingerprint density at radius 1 is 1.29 bits per heavy atom. The van der Waals surface area contributed by atoms with E-state index in [1.54, 1.807) is 6.92 Å². The molecule has 0 radical (unpaired) electrons. The molecular weight excluding hydrogens is 212 g/mol. The molecule has 17 heavy (non-hydrogen) atoms. The lowest BCUT2D eigenvalue weighted by atomic mass is 9.90. The zero-order chi connectivity index (χ0) is 12.5. The maximum absolute atomic E-state index is 10.0. The summed E-state index contributed by atoms with van der Waals surface area (Å²) in [6.45, 7) is 3.59. The minimum absolute atomic E-state index is 0.536. The molecule has 1 aliphatic rings. The summed E-state index contributed by atoms with van der Waals surface area (Å²) in [4.78, 5) is 0. The molecule has 2 nitrogen and oxygen atoms in total. The van der Waals surface area contributed by atoms with E-state index in [0.29, 0.717) is 12.8 Å². The molecule has 2 N–H and O–H groups in total. The van der Waals surface area contributed by atoms with E-state index in [1.807, 2.05) is 6.92 Å². The molecule has 0 spiro atoms. The molecule has 1 aromatic rings. The molecule has 0 saturated heterocycles. The molecule has 2 heteroatoms. The fourth-order valence-electron chi connectivity index (χ4n) is 2.43. The summed E-state index contributed by atoms with van der Waals surface area (Å²) in [6, 6.07) is 6.45. The molecular formula is C15H22O2. The van der Waals surface area contributed by atoms with Crippen molar-refractivity contribution in [3.05, 3.63) is 34.9 Å². The second-order valence-electron chi connectivity index (χ2n) is 5.39. The molecule has 1 aromatic carbocycles. The Balaban J connectivity index is 2.09. The van der Waals surface area contributed by atoms with Gasteiger partial charge >= 0.3 is 0 Å². The Morgan fingerprint density at radius 2 is 2.00 bits per heavy atom. The largest absolute Gasteiger partial charge is 0.390 e. The highest BCUT2D eigenvalue weighted by molar-refractivity contribution is 5.35. The van der Waals surface area contributed by atoms with Crippen LogP contribution in [0.25, 0.3) is 0 Å². The second kappa shape index (κ2) is 4.79.